The van der Waals surface area contributed by atoms with Gasteiger partial charge < -0.3 is 5.32 Å². The summed E-state index contributed by atoms with van der Waals surface area (Å²) >= 11 is 7.26. The molecule has 102 valence electrons. The lowest BCUT2D eigenvalue weighted by molar-refractivity contribution is 0.485. The van der Waals surface area contributed by atoms with E-state index in [1.807, 2.05) is 13.0 Å². The van der Waals surface area contributed by atoms with E-state index in [1.54, 1.807) is 6.07 Å². The molecule has 0 bridgehead atoms. The predicted molar refractivity (Wildman–Crippen MR) is 75.7 cm³/mol. The van der Waals surface area contributed by atoms with Crippen LogP contribution in [0.1, 0.15) is 30.7 Å². The standard InChI is InChI=1S/C11H17ClN2O2S2/c1-8(10-4-5-11(12)17-10)14-18(15,16)9-3-2-6-13-7-9/h4-5,8-9,13-14H,2-3,6-7H2,1H3. The van der Waals surface area contributed by atoms with Crippen LogP contribution in [0.5, 0.6) is 0 Å². The minimum absolute atomic E-state index is 0.227. The third-order valence-electron chi connectivity index (χ3n) is 3.05. The maximum Gasteiger partial charge on any atom is 0.216 e. The topological polar surface area (TPSA) is 58.2 Å². The Kier molecular flexibility index (Phi) is 4.66. The number of rotatable bonds is 4. The Balaban J connectivity index is 2.03. The molecule has 1 aliphatic rings. The molecule has 1 aromatic rings. The molecule has 2 unspecified atom stereocenters. The third kappa shape index (κ3) is 3.45. The molecule has 2 atom stereocenters. The van der Waals surface area contributed by atoms with Gasteiger partial charge in [0, 0.05) is 11.4 Å². The van der Waals surface area contributed by atoms with E-state index in [1.165, 1.54) is 11.3 Å². The van der Waals surface area contributed by atoms with Crippen LogP contribution in [0.15, 0.2) is 12.1 Å². The van der Waals surface area contributed by atoms with Crippen LogP contribution in [0, 0.1) is 0 Å². The van der Waals surface area contributed by atoms with Crippen LogP contribution in [0.4, 0.5) is 0 Å². The number of sulfonamides is 1. The molecule has 18 heavy (non-hydrogen) atoms. The second-order valence-corrected chi connectivity index (χ2v) is 8.23. The lowest BCUT2D eigenvalue weighted by Gasteiger charge is -2.24. The van der Waals surface area contributed by atoms with E-state index in [9.17, 15) is 8.42 Å². The summed E-state index contributed by atoms with van der Waals surface area (Å²) in [6, 6.07) is 3.42. The van der Waals surface area contributed by atoms with Gasteiger partial charge in [-0.15, -0.1) is 11.3 Å². The first-order chi connectivity index (χ1) is 8.49. The van der Waals surface area contributed by atoms with Crippen molar-refractivity contribution in [2.45, 2.75) is 31.1 Å². The summed E-state index contributed by atoms with van der Waals surface area (Å²) in [6.07, 6.45) is 1.63. The highest BCUT2D eigenvalue weighted by Gasteiger charge is 2.28. The highest BCUT2D eigenvalue weighted by molar-refractivity contribution is 7.90. The zero-order chi connectivity index (χ0) is 13.2. The molecule has 2 N–H and O–H groups in total. The average molecular weight is 309 g/mol. The predicted octanol–water partition coefficient (Wildman–Crippen LogP) is 2.13. The van der Waals surface area contributed by atoms with Crippen LogP contribution < -0.4 is 10.0 Å². The first-order valence-corrected chi connectivity index (χ1v) is 8.70. The van der Waals surface area contributed by atoms with E-state index in [-0.39, 0.29) is 11.3 Å². The molecule has 7 heteroatoms. The molecule has 2 rings (SSSR count). The molecule has 0 spiro atoms. The van der Waals surface area contributed by atoms with Gasteiger partial charge in [-0.25, -0.2) is 13.1 Å². The van der Waals surface area contributed by atoms with Crippen molar-refractivity contribution in [2.24, 2.45) is 0 Å². The van der Waals surface area contributed by atoms with E-state index in [0.29, 0.717) is 10.9 Å². The molecule has 0 saturated carbocycles. The van der Waals surface area contributed by atoms with Crippen LogP contribution in [0.3, 0.4) is 0 Å². The Morgan fingerprint density at radius 3 is 2.89 bits per heavy atom. The average Bonchev–Trinajstić information content (AvgIpc) is 2.77. The number of thiophene rings is 1. The van der Waals surface area contributed by atoms with Gasteiger partial charge in [0.05, 0.1) is 15.6 Å². The minimum atomic E-state index is -3.27. The Labute approximate surface area is 117 Å². The van der Waals surface area contributed by atoms with Crippen molar-refractivity contribution in [2.75, 3.05) is 13.1 Å². The van der Waals surface area contributed by atoms with Crippen molar-refractivity contribution in [3.63, 3.8) is 0 Å². The van der Waals surface area contributed by atoms with Crippen LogP contribution in [0.2, 0.25) is 4.34 Å². The Bertz CT molecular complexity index is 495. The van der Waals surface area contributed by atoms with Crippen LogP contribution in [-0.2, 0) is 10.0 Å². The van der Waals surface area contributed by atoms with Gasteiger partial charge in [0.1, 0.15) is 0 Å². The summed E-state index contributed by atoms with van der Waals surface area (Å²) in [7, 11) is -3.27. The molecule has 1 aromatic heterocycles. The Morgan fingerprint density at radius 1 is 1.56 bits per heavy atom. The van der Waals surface area contributed by atoms with Gasteiger partial charge in [0.15, 0.2) is 0 Å². The van der Waals surface area contributed by atoms with Crippen molar-refractivity contribution < 1.29 is 8.42 Å². The van der Waals surface area contributed by atoms with Crippen molar-refractivity contribution in [1.29, 1.82) is 0 Å². The highest BCUT2D eigenvalue weighted by atomic mass is 35.5. The molecule has 0 radical (unpaired) electrons. The monoisotopic (exact) mass is 308 g/mol. The summed E-state index contributed by atoms with van der Waals surface area (Å²) in [6.45, 7) is 3.28. The Hall–Kier alpha value is -0.140. The first kappa shape index (κ1) is 14.3. The first-order valence-electron chi connectivity index (χ1n) is 5.96. The van der Waals surface area contributed by atoms with Gasteiger partial charge in [0.2, 0.25) is 10.0 Å². The van der Waals surface area contributed by atoms with Crippen molar-refractivity contribution in [1.82, 2.24) is 10.0 Å². The number of hydrogen-bond donors (Lipinski definition) is 2. The molecular formula is C11H17ClN2O2S2. The zero-order valence-electron chi connectivity index (χ0n) is 10.1. The van der Waals surface area contributed by atoms with E-state index < -0.39 is 10.0 Å². The minimum Gasteiger partial charge on any atom is -0.315 e. The zero-order valence-corrected chi connectivity index (χ0v) is 12.5. The molecule has 1 fully saturated rings. The van der Waals surface area contributed by atoms with Crippen molar-refractivity contribution in [3.05, 3.63) is 21.3 Å². The largest absolute Gasteiger partial charge is 0.315 e. The summed E-state index contributed by atoms with van der Waals surface area (Å²) in [4.78, 5) is 0.937. The Morgan fingerprint density at radius 2 is 2.33 bits per heavy atom. The second-order valence-electron chi connectivity index (χ2n) is 4.49. The van der Waals surface area contributed by atoms with Gasteiger partial charge in [-0.3, -0.25) is 0 Å². The molecule has 1 aliphatic heterocycles. The van der Waals surface area contributed by atoms with E-state index in [2.05, 4.69) is 10.0 Å². The van der Waals surface area contributed by atoms with Crippen molar-refractivity contribution in [3.8, 4) is 0 Å². The summed E-state index contributed by atoms with van der Waals surface area (Å²) < 4.78 is 27.8. The number of halogens is 1. The van der Waals surface area contributed by atoms with Gasteiger partial charge in [0.25, 0.3) is 0 Å². The van der Waals surface area contributed by atoms with Gasteiger partial charge >= 0.3 is 0 Å². The molecule has 4 nitrogen and oxygen atoms in total. The second kappa shape index (κ2) is 5.88. The fourth-order valence-corrected chi connectivity index (χ4v) is 4.81. The quantitative estimate of drug-likeness (QED) is 0.896. The maximum atomic E-state index is 12.2. The van der Waals surface area contributed by atoms with Crippen molar-refractivity contribution >= 4 is 33.0 Å². The molecule has 0 amide bonds. The van der Waals surface area contributed by atoms with E-state index in [4.69, 9.17) is 11.6 Å². The molecule has 0 aromatic carbocycles. The van der Waals surface area contributed by atoms with Gasteiger partial charge in [-0.05, 0) is 38.4 Å². The maximum absolute atomic E-state index is 12.2. The molecule has 1 saturated heterocycles. The molecular weight excluding hydrogens is 292 g/mol. The van der Waals surface area contributed by atoms with Gasteiger partial charge in [-0.2, -0.15) is 0 Å². The normalized spacial score (nSPS) is 22.9. The third-order valence-corrected chi connectivity index (χ3v) is 6.43. The number of piperidine rings is 1. The number of hydrogen-bond acceptors (Lipinski definition) is 4. The summed E-state index contributed by atoms with van der Waals surface area (Å²) in [5.74, 6) is 0. The molecule has 2 heterocycles. The van der Waals surface area contributed by atoms with E-state index in [0.717, 1.165) is 24.3 Å². The lowest BCUT2D eigenvalue weighted by Crippen LogP contribution is -2.44. The van der Waals surface area contributed by atoms with Crippen LogP contribution >= 0.6 is 22.9 Å². The lowest BCUT2D eigenvalue weighted by atomic mass is 10.2. The van der Waals surface area contributed by atoms with Gasteiger partial charge in [-0.1, -0.05) is 11.6 Å². The summed E-state index contributed by atoms with van der Waals surface area (Å²) in [5.41, 5.74) is 0. The van der Waals surface area contributed by atoms with E-state index >= 15 is 0 Å². The summed E-state index contributed by atoms with van der Waals surface area (Å²) in [5, 5.41) is 2.79. The molecule has 0 aliphatic carbocycles. The fraction of sp³-hybridized carbons (Fsp3) is 0.636. The number of nitrogens with one attached hydrogen (secondary N) is 2. The smallest absolute Gasteiger partial charge is 0.216 e. The van der Waals surface area contributed by atoms with Crippen LogP contribution in [0.25, 0.3) is 0 Å². The SMILES string of the molecule is CC(NS(=O)(=O)C1CCCNC1)c1ccc(Cl)s1. The fourth-order valence-electron chi connectivity index (χ4n) is 2.05. The van der Waals surface area contributed by atoms with Crippen LogP contribution in [-0.4, -0.2) is 26.8 Å². The highest BCUT2D eigenvalue weighted by Crippen LogP contribution is 2.27.